The van der Waals surface area contributed by atoms with E-state index >= 15 is 0 Å². The Bertz CT molecular complexity index is 877. The summed E-state index contributed by atoms with van der Waals surface area (Å²) in [5.41, 5.74) is 1.04. The fourth-order valence-electron chi connectivity index (χ4n) is 3.59. The first-order chi connectivity index (χ1) is 13.6. The number of nitrogens with zero attached hydrogens (tertiary/aromatic N) is 1. The Morgan fingerprint density at radius 2 is 1.86 bits per heavy atom. The zero-order chi connectivity index (χ0) is 19.5. The first-order valence-electron chi connectivity index (χ1n) is 9.39. The smallest absolute Gasteiger partial charge is 0.233 e. The van der Waals surface area contributed by atoms with Gasteiger partial charge in [0.05, 0.1) is 25.0 Å². The molecule has 2 heterocycles. The minimum atomic E-state index is -0.899. The molecule has 1 saturated heterocycles. The minimum absolute atomic E-state index is 0.00444. The Morgan fingerprint density at radius 1 is 1.04 bits per heavy atom. The van der Waals surface area contributed by atoms with Crippen molar-refractivity contribution in [2.75, 3.05) is 25.5 Å². The van der Waals surface area contributed by atoms with Crippen LogP contribution in [0.2, 0.25) is 0 Å². The van der Waals surface area contributed by atoms with Crippen LogP contribution in [0.5, 0.6) is 11.5 Å². The van der Waals surface area contributed by atoms with Gasteiger partial charge in [0.2, 0.25) is 5.91 Å². The van der Waals surface area contributed by atoms with Gasteiger partial charge in [-0.3, -0.25) is 4.79 Å². The number of rotatable bonds is 4. The molecule has 2 aromatic carbocycles. The molecule has 4 rings (SSSR count). The summed E-state index contributed by atoms with van der Waals surface area (Å²) < 4.78 is 37.8. The molecule has 2 aliphatic rings. The van der Waals surface area contributed by atoms with Crippen molar-refractivity contribution in [2.45, 2.75) is 30.2 Å². The Balaban J connectivity index is 1.44. The van der Waals surface area contributed by atoms with Crippen molar-refractivity contribution in [3.05, 3.63) is 53.6 Å². The van der Waals surface area contributed by atoms with Crippen LogP contribution in [-0.2, 0) is 4.79 Å². The highest BCUT2D eigenvalue weighted by atomic mass is 32.2. The van der Waals surface area contributed by atoms with Crippen molar-refractivity contribution in [1.82, 2.24) is 4.90 Å². The van der Waals surface area contributed by atoms with E-state index in [1.165, 1.54) is 17.8 Å². The number of ether oxygens (including phenoxy) is 2. The first-order valence-corrected chi connectivity index (χ1v) is 10.4. The monoisotopic (exact) mass is 405 g/mol. The van der Waals surface area contributed by atoms with Crippen LogP contribution in [0, 0.1) is 11.6 Å². The van der Waals surface area contributed by atoms with E-state index in [-0.39, 0.29) is 17.7 Å². The van der Waals surface area contributed by atoms with E-state index in [0.29, 0.717) is 24.7 Å². The van der Waals surface area contributed by atoms with Gasteiger partial charge in [-0.05, 0) is 48.7 Å². The van der Waals surface area contributed by atoms with E-state index in [1.54, 1.807) is 0 Å². The number of amides is 1. The fourth-order valence-corrected chi connectivity index (χ4v) is 4.40. The molecule has 2 aromatic rings. The molecule has 1 amide bonds. The maximum absolute atomic E-state index is 13.3. The molecule has 0 aromatic heterocycles. The van der Waals surface area contributed by atoms with Crippen molar-refractivity contribution >= 4 is 17.7 Å². The Morgan fingerprint density at radius 3 is 2.68 bits per heavy atom. The molecule has 0 unspecified atom stereocenters. The number of halogens is 2. The third kappa shape index (κ3) is 4.09. The molecule has 0 bridgehead atoms. The first kappa shape index (κ1) is 19.1. The van der Waals surface area contributed by atoms with Crippen LogP contribution in [-0.4, -0.2) is 36.3 Å². The molecule has 7 heteroatoms. The van der Waals surface area contributed by atoms with E-state index in [2.05, 4.69) is 0 Å². The van der Waals surface area contributed by atoms with E-state index in [9.17, 15) is 13.6 Å². The van der Waals surface area contributed by atoms with E-state index in [0.717, 1.165) is 48.5 Å². The Kier molecular flexibility index (Phi) is 5.71. The van der Waals surface area contributed by atoms with Gasteiger partial charge in [0.25, 0.3) is 0 Å². The number of benzene rings is 2. The van der Waals surface area contributed by atoms with Gasteiger partial charge in [-0.2, -0.15) is 0 Å². The highest BCUT2D eigenvalue weighted by molar-refractivity contribution is 8.00. The van der Waals surface area contributed by atoms with Crippen molar-refractivity contribution < 1.29 is 23.0 Å². The molecule has 2 aliphatic heterocycles. The van der Waals surface area contributed by atoms with E-state index in [1.807, 2.05) is 23.1 Å². The number of carbonyl (C=O) groups excluding carboxylic acids is 1. The molecule has 4 nitrogen and oxygen atoms in total. The van der Waals surface area contributed by atoms with Crippen molar-refractivity contribution in [3.63, 3.8) is 0 Å². The van der Waals surface area contributed by atoms with Crippen molar-refractivity contribution in [2.24, 2.45) is 0 Å². The van der Waals surface area contributed by atoms with Crippen molar-refractivity contribution in [3.8, 4) is 11.5 Å². The topological polar surface area (TPSA) is 38.8 Å². The normalized spacial score (nSPS) is 18.8. The minimum Gasteiger partial charge on any atom is -0.490 e. The maximum Gasteiger partial charge on any atom is 0.233 e. The predicted octanol–water partition coefficient (Wildman–Crippen LogP) is 4.58. The third-order valence-electron chi connectivity index (χ3n) is 4.98. The fraction of sp³-hybridized carbons (Fsp3) is 0.381. The Labute approximate surface area is 166 Å². The molecule has 28 heavy (non-hydrogen) atoms. The van der Waals surface area contributed by atoms with Crippen LogP contribution >= 0.6 is 11.8 Å². The number of fused-ring (bicyclic) bond motifs is 1. The summed E-state index contributed by atoms with van der Waals surface area (Å²) >= 11 is 1.22. The highest BCUT2D eigenvalue weighted by Gasteiger charge is 2.30. The average Bonchev–Trinajstić information content (AvgIpc) is 3.07. The van der Waals surface area contributed by atoms with Gasteiger partial charge in [0, 0.05) is 17.9 Å². The molecule has 1 atom stereocenters. The van der Waals surface area contributed by atoms with Crippen LogP contribution in [0.25, 0.3) is 0 Å². The zero-order valence-electron chi connectivity index (χ0n) is 15.3. The summed E-state index contributed by atoms with van der Waals surface area (Å²) in [7, 11) is 0. The molecule has 0 aliphatic carbocycles. The summed E-state index contributed by atoms with van der Waals surface area (Å²) in [6, 6.07) is 9.56. The molecular formula is C21H21F2NO3S. The summed E-state index contributed by atoms with van der Waals surface area (Å²) in [5, 5.41) is 0. The third-order valence-corrected chi connectivity index (χ3v) is 5.96. The quantitative estimate of drug-likeness (QED) is 0.698. The van der Waals surface area contributed by atoms with Gasteiger partial charge >= 0.3 is 0 Å². The molecule has 0 radical (unpaired) electrons. The van der Waals surface area contributed by atoms with Crippen LogP contribution in [0.3, 0.4) is 0 Å². The number of hydrogen-bond acceptors (Lipinski definition) is 4. The van der Waals surface area contributed by atoms with Gasteiger partial charge in [-0.15, -0.1) is 11.8 Å². The van der Waals surface area contributed by atoms with Gasteiger partial charge in [0.15, 0.2) is 23.1 Å². The predicted molar refractivity (Wildman–Crippen MR) is 103 cm³/mol. The molecule has 0 spiro atoms. The standard InChI is InChI=1S/C21H21F2NO3S/c22-16-6-5-15(12-17(16)23)28-13-21(25)24-8-1-3-18(24)14-4-7-19-20(11-14)27-10-2-9-26-19/h4-7,11-12,18H,1-3,8-10,13H2/t18-/m0/s1. The van der Waals surface area contributed by atoms with Crippen LogP contribution in [0.1, 0.15) is 30.9 Å². The van der Waals surface area contributed by atoms with Crippen LogP contribution < -0.4 is 9.47 Å². The lowest BCUT2D eigenvalue weighted by Crippen LogP contribution is -2.32. The van der Waals surface area contributed by atoms with Gasteiger partial charge in [-0.25, -0.2) is 8.78 Å². The molecular weight excluding hydrogens is 384 g/mol. The average molecular weight is 405 g/mol. The zero-order valence-corrected chi connectivity index (χ0v) is 16.1. The molecule has 0 saturated carbocycles. The summed E-state index contributed by atoms with van der Waals surface area (Å²) in [5.74, 6) is -0.138. The van der Waals surface area contributed by atoms with Crippen LogP contribution in [0.15, 0.2) is 41.3 Å². The highest BCUT2D eigenvalue weighted by Crippen LogP contribution is 2.38. The summed E-state index contributed by atoms with van der Waals surface area (Å²) in [6.45, 7) is 1.95. The SMILES string of the molecule is O=C(CSc1ccc(F)c(F)c1)N1CCC[C@H]1c1ccc2c(c1)OCCCO2. The summed E-state index contributed by atoms with van der Waals surface area (Å²) in [4.78, 5) is 15.2. The van der Waals surface area contributed by atoms with Crippen LogP contribution in [0.4, 0.5) is 8.78 Å². The largest absolute Gasteiger partial charge is 0.490 e. The second kappa shape index (κ2) is 8.39. The number of likely N-dealkylation sites (tertiary alicyclic amines) is 1. The Hall–Kier alpha value is -2.28. The van der Waals surface area contributed by atoms with E-state index in [4.69, 9.17) is 9.47 Å². The maximum atomic E-state index is 13.3. The molecule has 1 fully saturated rings. The number of hydrogen-bond donors (Lipinski definition) is 0. The van der Waals surface area contributed by atoms with Gasteiger partial charge in [-0.1, -0.05) is 6.07 Å². The second-order valence-electron chi connectivity index (χ2n) is 6.87. The molecule has 148 valence electrons. The summed E-state index contributed by atoms with van der Waals surface area (Å²) in [6.07, 6.45) is 2.67. The number of carbonyl (C=O) groups is 1. The lowest BCUT2D eigenvalue weighted by molar-refractivity contribution is -0.129. The number of thioether (sulfide) groups is 1. The van der Waals surface area contributed by atoms with Gasteiger partial charge < -0.3 is 14.4 Å². The lowest BCUT2D eigenvalue weighted by atomic mass is 10.0. The second-order valence-corrected chi connectivity index (χ2v) is 7.92. The van der Waals surface area contributed by atoms with Crippen molar-refractivity contribution in [1.29, 1.82) is 0 Å². The lowest BCUT2D eigenvalue weighted by Gasteiger charge is -2.25. The van der Waals surface area contributed by atoms with E-state index < -0.39 is 11.6 Å². The van der Waals surface area contributed by atoms with Gasteiger partial charge in [0.1, 0.15) is 0 Å². The molecule has 0 N–H and O–H groups in total.